The lowest BCUT2D eigenvalue weighted by Crippen LogP contribution is -2.40. The minimum absolute atomic E-state index is 0.182. The quantitative estimate of drug-likeness (QED) is 0.0211. The van der Waals surface area contributed by atoms with Gasteiger partial charge in [-0.3, -0.25) is 9.59 Å². The van der Waals surface area contributed by atoms with Gasteiger partial charge in [-0.15, -0.1) is 0 Å². The fourth-order valence-corrected chi connectivity index (χ4v) is 7.91. The molecule has 71 heavy (non-hydrogen) atoms. The summed E-state index contributed by atoms with van der Waals surface area (Å²) in [5.41, 5.74) is 0. The van der Waals surface area contributed by atoms with Crippen molar-refractivity contribution < 1.29 is 42.9 Å². The lowest BCUT2D eigenvalue weighted by Gasteiger charge is -2.25. The van der Waals surface area contributed by atoms with E-state index in [9.17, 15) is 19.5 Å². The van der Waals surface area contributed by atoms with E-state index < -0.39 is 24.3 Å². The maximum absolute atomic E-state index is 12.9. The molecular formula is C62H110NO8+. The third-order valence-electron chi connectivity index (χ3n) is 12.4. The van der Waals surface area contributed by atoms with E-state index >= 15 is 0 Å². The maximum atomic E-state index is 12.9. The number of allylic oxidation sites excluding steroid dienone is 12. The maximum Gasteiger partial charge on any atom is 0.361 e. The standard InChI is InChI=1S/C62H109NO8/c1-6-8-10-12-14-16-18-20-22-24-26-27-28-29-30-31-32-33-35-37-39-41-43-45-47-49-51-53-60(65)71-58(57-70-62(61(66)67)68-55-54-63(3,4)5)56-69-59(64)52-50-48-46-44-42-40-38-36-34-25-23-21-19-17-15-13-11-9-7-2/h15,17-18,20-21,23-24,26,28-29,34,36,58,62H,6-14,16,19,22,25,27,30-33,35,37-57H2,1-5H3/p+1/b17-15-,20-18-,23-21-,26-24-,29-28-,36-34-. The van der Waals surface area contributed by atoms with Crippen LogP contribution >= 0.6 is 0 Å². The number of carbonyl (C=O) groups is 3. The fourth-order valence-electron chi connectivity index (χ4n) is 7.91. The molecule has 0 radical (unpaired) electrons. The zero-order valence-corrected chi connectivity index (χ0v) is 46.6. The Bertz CT molecular complexity index is 1390. The summed E-state index contributed by atoms with van der Waals surface area (Å²) in [6, 6.07) is 0. The van der Waals surface area contributed by atoms with Gasteiger partial charge in [-0.25, -0.2) is 4.79 Å². The number of ether oxygens (including phenoxy) is 4. The van der Waals surface area contributed by atoms with Gasteiger partial charge in [0.05, 0.1) is 34.4 Å². The molecular weight excluding hydrogens is 887 g/mol. The van der Waals surface area contributed by atoms with Gasteiger partial charge in [0.25, 0.3) is 6.29 Å². The Kier molecular flexibility index (Phi) is 50.6. The normalized spacial score (nSPS) is 13.3. The van der Waals surface area contributed by atoms with Gasteiger partial charge in [0.1, 0.15) is 13.2 Å². The summed E-state index contributed by atoms with van der Waals surface area (Å²) in [6.45, 7) is 4.83. The number of rotatable bonds is 53. The lowest BCUT2D eigenvalue weighted by atomic mass is 10.0. The van der Waals surface area contributed by atoms with Gasteiger partial charge >= 0.3 is 17.9 Å². The van der Waals surface area contributed by atoms with Gasteiger partial charge in [0, 0.05) is 12.8 Å². The summed E-state index contributed by atoms with van der Waals surface area (Å²) in [5, 5.41) is 9.70. The van der Waals surface area contributed by atoms with Crippen LogP contribution in [-0.2, 0) is 33.3 Å². The van der Waals surface area contributed by atoms with E-state index in [2.05, 4.69) is 86.8 Å². The van der Waals surface area contributed by atoms with Crippen LogP contribution in [0.4, 0.5) is 0 Å². The topological polar surface area (TPSA) is 108 Å². The summed E-state index contributed by atoms with van der Waals surface area (Å²) in [5.74, 6) is -2.02. The Labute approximate surface area is 437 Å². The average molecular weight is 998 g/mol. The Morgan fingerprint density at radius 1 is 0.423 bits per heavy atom. The van der Waals surface area contributed by atoms with Crippen molar-refractivity contribution in [1.29, 1.82) is 0 Å². The summed E-state index contributed by atoms with van der Waals surface area (Å²) in [6.07, 6.45) is 65.4. The molecule has 410 valence electrons. The van der Waals surface area contributed by atoms with Crippen molar-refractivity contribution in [3.05, 3.63) is 72.9 Å². The number of hydrogen-bond acceptors (Lipinski definition) is 7. The minimum atomic E-state index is -1.52. The highest BCUT2D eigenvalue weighted by Gasteiger charge is 2.25. The molecule has 0 rings (SSSR count). The minimum Gasteiger partial charge on any atom is -0.477 e. The first-order valence-corrected chi connectivity index (χ1v) is 29.1. The molecule has 1 N–H and O–H groups in total. The van der Waals surface area contributed by atoms with Crippen LogP contribution in [0, 0.1) is 0 Å². The first-order valence-electron chi connectivity index (χ1n) is 29.1. The van der Waals surface area contributed by atoms with E-state index in [1.54, 1.807) is 0 Å². The van der Waals surface area contributed by atoms with Crippen LogP contribution in [0.1, 0.15) is 245 Å². The first kappa shape index (κ1) is 67.7. The van der Waals surface area contributed by atoms with Crippen molar-refractivity contribution in [2.45, 2.75) is 257 Å². The van der Waals surface area contributed by atoms with Crippen LogP contribution in [-0.4, -0.2) is 87.4 Å². The highest BCUT2D eigenvalue weighted by Crippen LogP contribution is 2.15. The molecule has 0 spiro atoms. The molecule has 0 bridgehead atoms. The number of quaternary nitrogens is 1. The van der Waals surface area contributed by atoms with Gasteiger partial charge in [0.2, 0.25) is 0 Å². The largest absolute Gasteiger partial charge is 0.477 e. The number of carboxylic acids is 1. The van der Waals surface area contributed by atoms with Crippen molar-refractivity contribution in [2.75, 3.05) is 47.5 Å². The molecule has 0 saturated carbocycles. The van der Waals surface area contributed by atoms with Crippen molar-refractivity contribution in [3.8, 4) is 0 Å². The first-order chi connectivity index (χ1) is 34.6. The van der Waals surface area contributed by atoms with Crippen LogP contribution in [0.25, 0.3) is 0 Å². The van der Waals surface area contributed by atoms with Crippen LogP contribution in [0.15, 0.2) is 72.9 Å². The molecule has 0 aromatic rings. The number of esters is 2. The SMILES string of the molecule is CCCCC/C=C\C/C=C\C/C=C\CCCCCCCCC(=O)OCC(COC(OCC[N+](C)(C)C)C(=O)O)OC(=O)CCCCCCCCCCCCCC/C=C\C/C=C\C/C=C\CCCCCCC. The number of nitrogens with zero attached hydrogens (tertiary/aromatic N) is 1. The summed E-state index contributed by atoms with van der Waals surface area (Å²) < 4.78 is 22.9. The Morgan fingerprint density at radius 3 is 1.15 bits per heavy atom. The molecule has 2 atom stereocenters. The van der Waals surface area contributed by atoms with Gasteiger partial charge < -0.3 is 28.5 Å². The molecule has 9 heteroatoms. The van der Waals surface area contributed by atoms with Gasteiger partial charge in [-0.1, -0.05) is 215 Å². The Balaban J connectivity index is 4.27. The van der Waals surface area contributed by atoms with Crippen LogP contribution in [0.5, 0.6) is 0 Å². The molecule has 0 fully saturated rings. The Hall–Kier alpha value is -3.27. The predicted octanol–water partition coefficient (Wildman–Crippen LogP) is 17.0. The molecule has 0 saturated heterocycles. The van der Waals surface area contributed by atoms with Crippen LogP contribution < -0.4 is 0 Å². The highest BCUT2D eigenvalue weighted by molar-refractivity contribution is 5.71. The third kappa shape index (κ3) is 54.3. The molecule has 9 nitrogen and oxygen atoms in total. The van der Waals surface area contributed by atoms with Gasteiger partial charge in [-0.2, -0.15) is 0 Å². The van der Waals surface area contributed by atoms with Crippen LogP contribution in [0.3, 0.4) is 0 Å². The van der Waals surface area contributed by atoms with Crippen molar-refractivity contribution in [3.63, 3.8) is 0 Å². The molecule has 0 aromatic carbocycles. The summed E-state index contributed by atoms with van der Waals surface area (Å²) >= 11 is 0. The Morgan fingerprint density at radius 2 is 0.761 bits per heavy atom. The van der Waals surface area contributed by atoms with Crippen LogP contribution in [0.2, 0.25) is 0 Å². The number of carboxylic acid groups (broad SMARTS) is 1. The molecule has 0 aliphatic heterocycles. The molecule has 0 heterocycles. The number of hydrogen-bond donors (Lipinski definition) is 1. The van der Waals surface area contributed by atoms with E-state index in [1.807, 2.05) is 21.1 Å². The van der Waals surface area contributed by atoms with E-state index in [1.165, 1.54) is 135 Å². The van der Waals surface area contributed by atoms with Crippen molar-refractivity contribution in [2.24, 2.45) is 0 Å². The predicted molar refractivity (Wildman–Crippen MR) is 299 cm³/mol. The summed E-state index contributed by atoms with van der Waals surface area (Å²) in [4.78, 5) is 37.4. The van der Waals surface area contributed by atoms with E-state index in [-0.39, 0.29) is 38.6 Å². The van der Waals surface area contributed by atoms with Gasteiger partial charge in [0.15, 0.2) is 6.10 Å². The second kappa shape index (κ2) is 53.0. The van der Waals surface area contributed by atoms with Crippen molar-refractivity contribution in [1.82, 2.24) is 0 Å². The third-order valence-corrected chi connectivity index (χ3v) is 12.4. The number of aliphatic carboxylic acids is 1. The molecule has 2 unspecified atom stereocenters. The smallest absolute Gasteiger partial charge is 0.361 e. The summed E-state index contributed by atoms with van der Waals surface area (Å²) in [7, 11) is 5.96. The molecule has 0 aliphatic carbocycles. The monoisotopic (exact) mass is 997 g/mol. The number of likely N-dealkylation sites (N-methyl/N-ethyl adjacent to an activating group) is 1. The fraction of sp³-hybridized carbons (Fsp3) is 0.758. The molecule has 0 amide bonds. The number of unbranched alkanes of at least 4 members (excludes halogenated alkanes) is 26. The van der Waals surface area contributed by atoms with E-state index in [0.717, 1.165) is 77.0 Å². The van der Waals surface area contributed by atoms with E-state index in [0.29, 0.717) is 17.4 Å². The highest BCUT2D eigenvalue weighted by atomic mass is 16.7. The molecule has 0 aromatic heterocycles. The van der Waals surface area contributed by atoms with Crippen molar-refractivity contribution >= 4 is 17.9 Å². The zero-order valence-electron chi connectivity index (χ0n) is 46.6. The number of carbonyl (C=O) groups excluding carboxylic acids is 2. The van der Waals surface area contributed by atoms with Gasteiger partial charge in [-0.05, 0) is 89.9 Å². The zero-order chi connectivity index (χ0) is 52.0. The lowest BCUT2D eigenvalue weighted by molar-refractivity contribution is -0.870. The average Bonchev–Trinajstić information content (AvgIpc) is 3.34. The molecule has 0 aliphatic rings. The second-order valence-corrected chi connectivity index (χ2v) is 20.6. The second-order valence-electron chi connectivity index (χ2n) is 20.6. The van der Waals surface area contributed by atoms with E-state index in [4.69, 9.17) is 18.9 Å².